The monoisotopic (exact) mass is 336 g/mol. The topological polar surface area (TPSA) is 73.4 Å². The minimum absolute atomic E-state index is 0.0186. The van der Waals surface area contributed by atoms with E-state index in [9.17, 15) is 4.79 Å². The van der Waals surface area contributed by atoms with Crippen molar-refractivity contribution in [1.82, 2.24) is 9.80 Å². The number of nitriles is 1. The van der Waals surface area contributed by atoms with Crippen molar-refractivity contribution in [2.75, 3.05) is 38.5 Å². The molecule has 1 aliphatic heterocycles. The van der Waals surface area contributed by atoms with E-state index in [0.29, 0.717) is 30.8 Å². The Hall–Kier alpha value is -1.58. The maximum Gasteiger partial charge on any atom is 0.256 e. The minimum Gasteiger partial charge on any atom is -0.398 e. The minimum atomic E-state index is -0.0186. The first kappa shape index (κ1) is 14.8. The second-order valence-electron chi connectivity index (χ2n) is 4.77. The molecule has 0 bridgehead atoms. The highest BCUT2D eigenvalue weighted by Crippen LogP contribution is 2.20. The fourth-order valence-corrected chi connectivity index (χ4v) is 2.66. The summed E-state index contributed by atoms with van der Waals surface area (Å²) in [6, 6.07) is 7.47. The number of nitrogens with two attached hydrogens (primary N) is 1. The number of piperazine rings is 1. The lowest BCUT2D eigenvalue weighted by molar-refractivity contribution is 0.0641. The van der Waals surface area contributed by atoms with Crippen molar-refractivity contribution in [2.24, 2.45) is 0 Å². The molecule has 1 amide bonds. The van der Waals surface area contributed by atoms with Gasteiger partial charge >= 0.3 is 0 Å². The van der Waals surface area contributed by atoms with Crippen molar-refractivity contribution < 1.29 is 4.79 Å². The van der Waals surface area contributed by atoms with Crippen LogP contribution in [-0.4, -0.2) is 48.4 Å². The molecule has 2 N–H and O–H groups in total. The molecular weight excluding hydrogens is 320 g/mol. The van der Waals surface area contributed by atoms with Gasteiger partial charge in [0.15, 0.2) is 0 Å². The first-order chi connectivity index (χ1) is 9.61. The van der Waals surface area contributed by atoms with E-state index >= 15 is 0 Å². The number of anilines is 1. The molecule has 1 aromatic rings. The molecule has 0 spiro atoms. The molecule has 0 atom stereocenters. The Morgan fingerprint density at radius 2 is 2.05 bits per heavy atom. The number of rotatable bonds is 3. The molecule has 106 valence electrons. The van der Waals surface area contributed by atoms with E-state index in [-0.39, 0.29) is 5.91 Å². The first-order valence-corrected chi connectivity index (χ1v) is 7.34. The number of hydrogen-bond donors (Lipinski definition) is 1. The molecule has 0 aromatic heterocycles. The van der Waals surface area contributed by atoms with Crippen LogP contribution < -0.4 is 5.73 Å². The van der Waals surface area contributed by atoms with Crippen LogP contribution in [0.15, 0.2) is 22.7 Å². The van der Waals surface area contributed by atoms with Crippen molar-refractivity contribution in [1.29, 1.82) is 5.26 Å². The molecular formula is C14H17BrN4O. The van der Waals surface area contributed by atoms with Gasteiger partial charge < -0.3 is 10.6 Å². The Kier molecular flexibility index (Phi) is 4.99. The van der Waals surface area contributed by atoms with Crippen LogP contribution in [0.2, 0.25) is 0 Å². The van der Waals surface area contributed by atoms with E-state index in [1.54, 1.807) is 12.1 Å². The number of carbonyl (C=O) groups is 1. The van der Waals surface area contributed by atoms with Crippen LogP contribution in [0.25, 0.3) is 0 Å². The van der Waals surface area contributed by atoms with Crippen molar-refractivity contribution in [3.63, 3.8) is 0 Å². The average molecular weight is 337 g/mol. The Bertz CT molecular complexity index is 532. The first-order valence-electron chi connectivity index (χ1n) is 6.55. The van der Waals surface area contributed by atoms with E-state index in [2.05, 4.69) is 26.9 Å². The number of halogens is 1. The summed E-state index contributed by atoms with van der Waals surface area (Å²) in [5, 5.41) is 8.58. The highest BCUT2D eigenvalue weighted by molar-refractivity contribution is 9.10. The summed E-state index contributed by atoms with van der Waals surface area (Å²) in [6.45, 7) is 3.76. The highest BCUT2D eigenvalue weighted by Gasteiger charge is 2.23. The van der Waals surface area contributed by atoms with E-state index in [1.807, 2.05) is 11.0 Å². The molecule has 0 radical (unpaired) electrons. The number of carbonyl (C=O) groups excluding carboxylic acids is 1. The molecule has 1 aromatic carbocycles. The maximum atomic E-state index is 12.4. The van der Waals surface area contributed by atoms with Crippen molar-refractivity contribution in [2.45, 2.75) is 6.42 Å². The smallest absolute Gasteiger partial charge is 0.256 e. The highest BCUT2D eigenvalue weighted by atomic mass is 79.9. The maximum absolute atomic E-state index is 12.4. The number of nitrogen functional groups attached to an aromatic ring is 1. The van der Waals surface area contributed by atoms with E-state index < -0.39 is 0 Å². The summed E-state index contributed by atoms with van der Waals surface area (Å²) in [6.07, 6.45) is 0.535. The van der Waals surface area contributed by atoms with Crippen LogP contribution in [0.1, 0.15) is 16.8 Å². The SMILES string of the molecule is N#CCCN1CCN(C(=O)c2ccc(Br)cc2N)CC1. The lowest BCUT2D eigenvalue weighted by Gasteiger charge is -2.34. The molecule has 6 heteroatoms. The van der Waals surface area contributed by atoms with Crippen LogP contribution in [0.3, 0.4) is 0 Å². The fourth-order valence-electron chi connectivity index (χ4n) is 2.28. The van der Waals surface area contributed by atoms with Crippen molar-refractivity contribution in [3.8, 4) is 6.07 Å². The zero-order chi connectivity index (χ0) is 14.5. The van der Waals surface area contributed by atoms with Gasteiger partial charge in [0.05, 0.1) is 11.6 Å². The van der Waals surface area contributed by atoms with Gasteiger partial charge in [-0.25, -0.2) is 0 Å². The summed E-state index contributed by atoms with van der Waals surface area (Å²) in [7, 11) is 0. The zero-order valence-electron chi connectivity index (χ0n) is 11.2. The Morgan fingerprint density at radius 3 is 2.65 bits per heavy atom. The van der Waals surface area contributed by atoms with Gasteiger partial charge in [-0.2, -0.15) is 5.26 Å². The standard InChI is InChI=1S/C14H17BrN4O/c15-11-2-3-12(13(17)10-11)14(20)19-8-6-18(7-9-19)5-1-4-16/h2-3,10H,1,5-9,17H2. The molecule has 20 heavy (non-hydrogen) atoms. The van der Waals surface area contributed by atoms with Gasteiger partial charge in [-0.15, -0.1) is 0 Å². The number of amides is 1. The van der Waals surface area contributed by atoms with E-state index in [0.717, 1.165) is 24.1 Å². The van der Waals surface area contributed by atoms with Crippen LogP contribution in [0, 0.1) is 11.3 Å². The average Bonchev–Trinajstić information content (AvgIpc) is 2.45. The van der Waals surface area contributed by atoms with Crippen molar-refractivity contribution >= 4 is 27.5 Å². The number of benzene rings is 1. The molecule has 1 saturated heterocycles. The molecule has 0 unspecified atom stereocenters. The van der Waals surface area contributed by atoms with Crippen LogP contribution in [-0.2, 0) is 0 Å². The van der Waals surface area contributed by atoms with Gasteiger partial charge in [0, 0.05) is 49.3 Å². The van der Waals surface area contributed by atoms with Gasteiger partial charge in [0.1, 0.15) is 0 Å². The van der Waals surface area contributed by atoms with Crippen LogP contribution >= 0.6 is 15.9 Å². The Balaban J connectivity index is 1.96. The summed E-state index contributed by atoms with van der Waals surface area (Å²) in [5.74, 6) is -0.0186. The summed E-state index contributed by atoms with van der Waals surface area (Å²) < 4.78 is 0.868. The van der Waals surface area contributed by atoms with Gasteiger partial charge in [0.25, 0.3) is 5.91 Å². The summed E-state index contributed by atoms with van der Waals surface area (Å²) in [5.41, 5.74) is 6.95. The molecule has 5 nitrogen and oxygen atoms in total. The molecule has 1 heterocycles. The zero-order valence-corrected chi connectivity index (χ0v) is 12.8. The third kappa shape index (κ3) is 3.50. The van der Waals surface area contributed by atoms with E-state index in [4.69, 9.17) is 11.0 Å². The lowest BCUT2D eigenvalue weighted by Crippen LogP contribution is -2.48. The molecule has 0 saturated carbocycles. The van der Waals surface area contributed by atoms with Gasteiger partial charge in [-0.3, -0.25) is 9.69 Å². The Labute approximate surface area is 127 Å². The van der Waals surface area contributed by atoms with Gasteiger partial charge in [0.2, 0.25) is 0 Å². The fraction of sp³-hybridized carbons (Fsp3) is 0.429. The normalized spacial score (nSPS) is 15.9. The predicted octanol–water partition coefficient (Wildman–Crippen LogP) is 1.70. The summed E-state index contributed by atoms with van der Waals surface area (Å²) in [4.78, 5) is 16.4. The predicted molar refractivity (Wildman–Crippen MR) is 81.1 cm³/mol. The van der Waals surface area contributed by atoms with Crippen LogP contribution in [0.4, 0.5) is 5.69 Å². The number of nitrogens with zero attached hydrogens (tertiary/aromatic N) is 3. The second-order valence-corrected chi connectivity index (χ2v) is 5.69. The second kappa shape index (κ2) is 6.73. The van der Waals surface area contributed by atoms with Crippen LogP contribution in [0.5, 0.6) is 0 Å². The molecule has 2 rings (SSSR count). The summed E-state index contributed by atoms with van der Waals surface area (Å²) >= 11 is 3.34. The lowest BCUT2D eigenvalue weighted by atomic mass is 10.1. The third-order valence-corrected chi connectivity index (χ3v) is 3.94. The van der Waals surface area contributed by atoms with Gasteiger partial charge in [-0.05, 0) is 18.2 Å². The van der Waals surface area contributed by atoms with E-state index in [1.165, 1.54) is 0 Å². The Morgan fingerprint density at radius 1 is 1.35 bits per heavy atom. The third-order valence-electron chi connectivity index (χ3n) is 3.44. The largest absolute Gasteiger partial charge is 0.398 e. The van der Waals surface area contributed by atoms with Crippen molar-refractivity contribution in [3.05, 3.63) is 28.2 Å². The van der Waals surface area contributed by atoms with Gasteiger partial charge in [-0.1, -0.05) is 15.9 Å². The molecule has 1 fully saturated rings. The molecule has 0 aliphatic carbocycles. The quantitative estimate of drug-likeness (QED) is 0.852. The number of hydrogen-bond acceptors (Lipinski definition) is 4. The molecule has 1 aliphatic rings.